The molecule has 44 heavy (non-hydrogen) atoms. The first-order valence-corrected chi connectivity index (χ1v) is 16.4. The van der Waals surface area contributed by atoms with Crippen molar-refractivity contribution in [1.29, 1.82) is 0 Å². The van der Waals surface area contributed by atoms with Crippen molar-refractivity contribution in [3.8, 4) is 0 Å². The second kappa shape index (κ2) is 23.0. The number of unbranched alkanes of at least 4 members (excludes halogenated alkanes) is 4. The second-order valence-electron chi connectivity index (χ2n) is 10.2. The fourth-order valence-electron chi connectivity index (χ4n) is 4.03. The summed E-state index contributed by atoms with van der Waals surface area (Å²) >= 11 is 1.46. The molecule has 15 heteroatoms. The number of benzene rings is 1. The number of hydrogen-bond acceptors (Lipinski definition) is 6. The number of hydrogen-bond donors (Lipinski definition) is 8. The van der Waals surface area contributed by atoms with E-state index in [-0.39, 0.29) is 36.5 Å². The normalized spacial score (nSPS) is 11.1. The summed E-state index contributed by atoms with van der Waals surface area (Å²) in [6, 6.07) is 4.16. The van der Waals surface area contributed by atoms with Crippen LogP contribution >= 0.6 is 0 Å². The van der Waals surface area contributed by atoms with Gasteiger partial charge in [0.15, 0.2) is 0 Å². The smallest absolute Gasteiger partial charge is 0.326 e. The summed E-state index contributed by atoms with van der Waals surface area (Å²) in [6.45, 7) is 4.07. The first-order chi connectivity index (χ1) is 21.0. The molecule has 14 nitrogen and oxygen atoms in total. The molecule has 0 aromatic heterocycles. The topological polar surface area (TPSA) is 230 Å². The molecule has 0 unspecified atom stereocenters. The summed E-state index contributed by atoms with van der Waals surface area (Å²) in [5.41, 5.74) is 12.2. The predicted octanol–water partition coefficient (Wildman–Crippen LogP) is 0.270. The van der Waals surface area contributed by atoms with Gasteiger partial charge in [0.05, 0.1) is 0 Å². The van der Waals surface area contributed by atoms with E-state index in [4.69, 9.17) is 16.6 Å². The van der Waals surface area contributed by atoms with E-state index in [1.165, 1.54) is 24.7 Å². The van der Waals surface area contributed by atoms with E-state index in [1.54, 1.807) is 6.07 Å². The maximum atomic E-state index is 12.5. The summed E-state index contributed by atoms with van der Waals surface area (Å²) in [4.78, 5) is 63.3. The zero-order valence-corrected chi connectivity index (χ0v) is 28.3. The van der Waals surface area contributed by atoms with Crippen molar-refractivity contribution in [1.82, 2.24) is 26.6 Å². The minimum atomic E-state index is -1.05. The zero-order valence-electron chi connectivity index (χ0n) is 25.4. The fourth-order valence-corrected chi connectivity index (χ4v) is 5.03. The summed E-state index contributed by atoms with van der Waals surface area (Å²) in [7, 11) is 0. The standard InChI is InChI=1S/C29H47AtN8O6/c1-2-9-23(27(42)43)38-29(44)36-15-8-4-6-13-34-25(40)11-10-24(39)33-12-5-3-7-14-35-26(41)21-16-20(17-22(30)18-21)19-37-28(31)32/h16-18,23H,2-15,19H2,1H3,(H,33,39)(H,34,40)(H,35,41)(H,42,43)(H4,31,32,37)(H2,36,38,44)/t23-/m0/s1/i30+1. The van der Waals surface area contributed by atoms with Crippen LogP contribution in [-0.4, -0.2) is 73.0 Å². The van der Waals surface area contributed by atoms with E-state index in [9.17, 15) is 24.0 Å². The van der Waals surface area contributed by atoms with Crippen LogP contribution in [0.2, 0.25) is 0 Å². The fraction of sp³-hybridized carbons (Fsp3) is 0.586. The third-order valence-corrected chi connectivity index (χ3v) is 7.19. The Labute approximate surface area is 274 Å². The molecule has 10 N–H and O–H groups in total. The number of rotatable bonds is 22. The molecule has 0 aliphatic heterocycles. The van der Waals surface area contributed by atoms with Crippen molar-refractivity contribution in [3.05, 3.63) is 29.3 Å². The molecule has 1 aromatic carbocycles. The number of carboxylic acid groups (broad SMARTS) is 1. The van der Waals surface area contributed by atoms with Gasteiger partial charge in [-0.2, -0.15) is 0 Å². The number of nitrogens with two attached hydrogens (primary N) is 2. The van der Waals surface area contributed by atoms with Crippen molar-refractivity contribution < 1.29 is 53.8 Å². The number of carbonyl (C=O) groups is 5. The summed E-state index contributed by atoms with van der Waals surface area (Å²) in [6.07, 6.45) is 5.79. The van der Waals surface area contributed by atoms with Gasteiger partial charge in [-0.15, -0.1) is 0 Å². The van der Waals surface area contributed by atoms with Gasteiger partial charge in [-0.3, -0.25) is 9.59 Å². The van der Waals surface area contributed by atoms with Crippen LogP contribution in [-0.2, 0) is 20.9 Å². The number of aliphatic carboxylic acids is 1. The third kappa shape index (κ3) is 18.9. The Hall–Kier alpha value is -3.48. The third-order valence-electron chi connectivity index (χ3n) is 6.35. The van der Waals surface area contributed by atoms with Crippen LogP contribution in [0.1, 0.15) is 87.1 Å². The maximum Gasteiger partial charge on any atom is 0.326 e. The monoisotopic (exact) mass is 814 g/mol. The van der Waals surface area contributed by atoms with E-state index in [0.29, 0.717) is 57.5 Å². The Balaban J connectivity index is 2.05. The number of aliphatic imine (C=N–C) groups is 1. The van der Waals surface area contributed by atoms with E-state index >= 15 is 0 Å². The molecule has 1 rings (SSSR count). The van der Waals surface area contributed by atoms with Gasteiger partial charge in [-0.1, -0.05) is 13.3 Å². The van der Waals surface area contributed by atoms with Gasteiger partial charge in [-0.25, -0.2) is 9.59 Å². The van der Waals surface area contributed by atoms with Crippen molar-refractivity contribution in [2.24, 2.45) is 16.5 Å². The van der Waals surface area contributed by atoms with Gasteiger partial charge in [0.1, 0.15) is 6.04 Å². The molecule has 5 amide bonds. The summed E-state index contributed by atoms with van der Waals surface area (Å²) in [5, 5.41) is 22.7. The van der Waals surface area contributed by atoms with Gasteiger partial charge in [0.25, 0.3) is 0 Å². The molecule has 0 bridgehead atoms. The average molecular weight is 815 g/mol. The van der Waals surface area contributed by atoms with Crippen LogP contribution in [0, 0.1) is 24.7 Å². The largest absolute Gasteiger partial charge is 0.480 e. The number of carbonyl (C=O) groups excluding carboxylic acids is 4. The van der Waals surface area contributed by atoms with Crippen LogP contribution in [0.5, 0.6) is 0 Å². The Morgan fingerprint density at radius 2 is 1.36 bits per heavy atom. The van der Waals surface area contributed by atoms with Gasteiger partial charge in [-0.05, 0) is 25.7 Å². The number of nitrogens with one attached hydrogen (secondary N) is 5. The number of amides is 5. The minimum absolute atomic E-state index is 0.00107. The van der Waals surface area contributed by atoms with E-state index in [2.05, 4.69) is 31.6 Å². The molecular formula is C29H47AtN8O6. The zero-order chi connectivity index (χ0) is 32.7. The molecule has 0 saturated heterocycles. The van der Waals surface area contributed by atoms with Crippen molar-refractivity contribution in [2.45, 2.75) is 83.7 Å². The first-order valence-electron chi connectivity index (χ1n) is 15.0. The molecule has 1 aromatic rings. The van der Waals surface area contributed by atoms with Crippen LogP contribution in [0.3, 0.4) is 0 Å². The molecule has 0 heterocycles. The van der Waals surface area contributed by atoms with Crippen LogP contribution < -0.4 is 41.3 Å². The summed E-state index contributed by atoms with van der Waals surface area (Å²) in [5.74, 6) is -1.58. The van der Waals surface area contributed by atoms with E-state index in [0.717, 1.165) is 40.9 Å². The second-order valence-corrected chi connectivity index (χ2v) is 11.9. The van der Waals surface area contributed by atoms with E-state index < -0.39 is 18.0 Å². The molecule has 0 aliphatic carbocycles. The number of carboxylic acids is 1. The van der Waals surface area contributed by atoms with Gasteiger partial charge >= 0.3 is 158 Å². The van der Waals surface area contributed by atoms with Gasteiger partial charge < -0.3 is 21.1 Å². The molecule has 0 aliphatic rings. The van der Waals surface area contributed by atoms with Crippen molar-refractivity contribution >= 4 is 39.0 Å². The number of guanidine groups is 1. The van der Waals surface area contributed by atoms with Gasteiger partial charge in [0, 0.05) is 25.9 Å². The maximum absolute atomic E-state index is 12.5. The van der Waals surface area contributed by atoms with Crippen LogP contribution in [0.15, 0.2) is 23.2 Å². The van der Waals surface area contributed by atoms with Crippen LogP contribution in [0.25, 0.3) is 0 Å². The predicted molar refractivity (Wildman–Crippen MR) is 164 cm³/mol. The minimum Gasteiger partial charge on any atom is -0.480 e. The van der Waals surface area contributed by atoms with Gasteiger partial charge in [0.2, 0.25) is 5.91 Å². The van der Waals surface area contributed by atoms with Crippen LogP contribution in [0.4, 0.5) is 4.79 Å². The molecule has 1 atom stereocenters. The average Bonchev–Trinajstić information content (AvgIpc) is 2.97. The number of nitrogens with zero attached hydrogens (tertiary/aromatic N) is 1. The molecule has 0 radical (unpaired) electrons. The Morgan fingerprint density at radius 3 is 1.89 bits per heavy atom. The Morgan fingerprint density at radius 1 is 0.818 bits per heavy atom. The first kappa shape index (κ1) is 38.5. The summed E-state index contributed by atoms with van der Waals surface area (Å²) < 4.78 is 0.997. The molecule has 246 valence electrons. The quantitative estimate of drug-likeness (QED) is 0.0459. The Bertz CT molecular complexity index is 1110. The Kier molecular flexibility index (Phi) is 20.1. The van der Waals surface area contributed by atoms with Crippen molar-refractivity contribution in [2.75, 3.05) is 26.2 Å². The SMILES string of the molecule is CCC[C@H](NC(=O)NCCCCCNC(=O)CCC(=O)NCCCCCNC(=O)c1cc([211At])cc(CN=C(N)N)c1)C(=O)O. The van der Waals surface area contributed by atoms with E-state index in [1.807, 2.05) is 19.1 Å². The number of urea groups is 1. The van der Waals surface area contributed by atoms with Crippen molar-refractivity contribution in [3.63, 3.8) is 0 Å². The molecule has 0 fully saturated rings. The molecule has 0 spiro atoms. The molecule has 0 saturated carbocycles. The molecular weight excluding hydrogens is 767 g/mol.